The van der Waals surface area contributed by atoms with Crippen molar-refractivity contribution >= 4 is 33.3 Å². The number of fused-ring (bicyclic) bond motifs is 2. The summed E-state index contributed by atoms with van der Waals surface area (Å²) in [6.45, 7) is 7.00. The summed E-state index contributed by atoms with van der Waals surface area (Å²) in [5.74, 6) is 0.596. The van der Waals surface area contributed by atoms with Crippen molar-refractivity contribution in [3.8, 4) is 5.69 Å². The Hall–Kier alpha value is -3.89. The van der Waals surface area contributed by atoms with Crippen LogP contribution in [-0.2, 0) is 11.3 Å². The molecule has 6 rings (SSSR count). The number of anilines is 1. The molecule has 1 aliphatic heterocycles. The minimum Gasteiger partial charge on any atom is -0.326 e. The molecule has 1 fully saturated rings. The number of likely N-dealkylation sites (tertiary alicyclic amines) is 1. The maximum absolute atomic E-state index is 12.1. The second-order valence-electron chi connectivity index (χ2n) is 10.9. The summed E-state index contributed by atoms with van der Waals surface area (Å²) in [5, 5.41) is 6.86. The highest BCUT2D eigenvalue weighted by Crippen LogP contribution is 2.31. The fourth-order valence-corrected chi connectivity index (χ4v) is 5.76. The molecule has 192 valence electrons. The summed E-state index contributed by atoms with van der Waals surface area (Å²) in [7, 11) is 0. The number of carbonyl (C=O) groups is 1. The first-order valence-electron chi connectivity index (χ1n) is 13.8. The minimum atomic E-state index is -0.0158. The van der Waals surface area contributed by atoms with Crippen LogP contribution in [0.1, 0.15) is 43.7 Å². The van der Waals surface area contributed by atoms with Gasteiger partial charge in [-0.1, -0.05) is 68.4 Å². The number of aromatic nitrogens is 1. The van der Waals surface area contributed by atoms with Crippen LogP contribution in [0.2, 0.25) is 0 Å². The Kier molecular flexibility index (Phi) is 6.73. The maximum Gasteiger partial charge on any atom is 0.226 e. The zero-order valence-corrected chi connectivity index (χ0v) is 22.2. The highest BCUT2D eigenvalue weighted by atomic mass is 16.1. The van der Waals surface area contributed by atoms with E-state index in [1.54, 1.807) is 0 Å². The molecule has 0 bridgehead atoms. The van der Waals surface area contributed by atoms with E-state index in [1.165, 1.54) is 38.5 Å². The minimum absolute atomic E-state index is 0.0158. The fourth-order valence-electron chi connectivity index (χ4n) is 5.76. The number of amides is 1. The summed E-state index contributed by atoms with van der Waals surface area (Å²) >= 11 is 0. The number of hydrogen-bond acceptors (Lipinski definition) is 2. The lowest BCUT2D eigenvalue weighted by Gasteiger charge is -2.32. The van der Waals surface area contributed by atoms with Crippen molar-refractivity contribution < 1.29 is 4.79 Å². The SMILES string of the molecule is CC(C)C(=O)Nc1cccc(C2CCN(Cc3ccc4c(ccn4-c4cccc5ccccc45)c3)CC2)c1. The van der Waals surface area contributed by atoms with E-state index < -0.39 is 0 Å². The number of benzene rings is 4. The van der Waals surface area contributed by atoms with Gasteiger partial charge in [0.2, 0.25) is 5.91 Å². The van der Waals surface area contributed by atoms with Crippen LogP contribution in [-0.4, -0.2) is 28.5 Å². The van der Waals surface area contributed by atoms with E-state index in [9.17, 15) is 4.79 Å². The monoisotopic (exact) mass is 501 g/mol. The van der Waals surface area contributed by atoms with E-state index in [0.717, 1.165) is 38.2 Å². The predicted molar refractivity (Wildman–Crippen MR) is 158 cm³/mol. The number of nitrogens with zero attached hydrogens (tertiary/aromatic N) is 2. The number of carbonyl (C=O) groups excluding carboxylic acids is 1. The second kappa shape index (κ2) is 10.5. The van der Waals surface area contributed by atoms with Crippen LogP contribution in [0.3, 0.4) is 0 Å². The first-order chi connectivity index (χ1) is 18.5. The van der Waals surface area contributed by atoms with E-state index >= 15 is 0 Å². The Balaban J connectivity index is 1.13. The first kappa shape index (κ1) is 24.4. The molecule has 38 heavy (non-hydrogen) atoms. The molecule has 0 atom stereocenters. The molecule has 0 aliphatic carbocycles. The zero-order valence-electron chi connectivity index (χ0n) is 22.2. The van der Waals surface area contributed by atoms with Crippen molar-refractivity contribution in [1.82, 2.24) is 9.47 Å². The van der Waals surface area contributed by atoms with Gasteiger partial charge in [0.1, 0.15) is 0 Å². The third-order valence-corrected chi connectivity index (χ3v) is 7.92. The van der Waals surface area contributed by atoms with Gasteiger partial charge in [0.05, 0.1) is 11.2 Å². The largest absolute Gasteiger partial charge is 0.326 e. The van der Waals surface area contributed by atoms with Gasteiger partial charge in [-0.05, 0) is 84.8 Å². The van der Waals surface area contributed by atoms with Gasteiger partial charge in [-0.15, -0.1) is 0 Å². The smallest absolute Gasteiger partial charge is 0.226 e. The number of hydrogen-bond donors (Lipinski definition) is 1. The van der Waals surface area contributed by atoms with Crippen molar-refractivity contribution in [2.45, 2.75) is 39.2 Å². The zero-order chi connectivity index (χ0) is 26.1. The Labute approximate surface area is 224 Å². The van der Waals surface area contributed by atoms with E-state index in [-0.39, 0.29) is 11.8 Å². The van der Waals surface area contributed by atoms with Crippen LogP contribution < -0.4 is 5.32 Å². The summed E-state index contributed by atoms with van der Waals surface area (Å²) in [6, 6.07) is 32.7. The summed E-state index contributed by atoms with van der Waals surface area (Å²) in [6.07, 6.45) is 4.47. The van der Waals surface area contributed by atoms with E-state index in [1.807, 2.05) is 19.9 Å². The molecule has 2 heterocycles. The second-order valence-corrected chi connectivity index (χ2v) is 10.9. The topological polar surface area (TPSA) is 37.3 Å². The molecule has 0 radical (unpaired) electrons. The molecule has 1 aliphatic rings. The molecule has 5 aromatic rings. The third-order valence-electron chi connectivity index (χ3n) is 7.92. The van der Waals surface area contributed by atoms with Gasteiger partial charge < -0.3 is 9.88 Å². The molecule has 4 aromatic carbocycles. The molecule has 0 saturated carbocycles. The quantitative estimate of drug-likeness (QED) is 0.258. The average molecular weight is 502 g/mol. The highest BCUT2D eigenvalue weighted by molar-refractivity contribution is 5.93. The molecule has 4 nitrogen and oxygen atoms in total. The van der Waals surface area contributed by atoms with Crippen molar-refractivity contribution in [2.24, 2.45) is 5.92 Å². The lowest BCUT2D eigenvalue weighted by Crippen LogP contribution is -2.32. The number of nitrogens with one attached hydrogen (secondary N) is 1. The van der Waals surface area contributed by atoms with E-state index in [4.69, 9.17) is 0 Å². The Morgan fingerprint density at radius 2 is 1.66 bits per heavy atom. The standard InChI is InChI=1S/C34H35N3O/c1-24(2)34(38)35-30-10-5-9-28(22-30)26-15-18-36(19-16-26)23-25-13-14-32-29(21-25)17-20-37(32)33-12-6-8-27-7-3-4-11-31(27)33/h3-14,17,20-22,24,26H,15-16,18-19,23H2,1-2H3,(H,35,38). The molecule has 0 spiro atoms. The molecule has 1 aromatic heterocycles. The molecular formula is C34H35N3O. The van der Waals surface area contributed by atoms with Gasteiger partial charge in [-0.3, -0.25) is 9.69 Å². The lowest BCUT2D eigenvalue weighted by atomic mass is 9.89. The third kappa shape index (κ3) is 4.97. The van der Waals surface area contributed by atoms with Crippen LogP contribution in [0.5, 0.6) is 0 Å². The van der Waals surface area contributed by atoms with Crippen LogP contribution in [0.15, 0.2) is 97.2 Å². The van der Waals surface area contributed by atoms with Crippen molar-refractivity contribution in [3.05, 3.63) is 108 Å². The average Bonchev–Trinajstić information content (AvgIpc) is 3.36. The van der Waals surface area contributed by atoms with Gasteiger partial charge >= 0.3 is 0 Å². The van der Waals surface area contributed by atoms with E-state index in [0.29, 0.717) is 5.92 Å². The van der Waals surface area contributed by atoms with Crippen LogP contribution >= 0.6 is 0 Å². The number of piperidine rings is 1. The molecule has 4 heteroatoms. The van der Waals surface area contributed by atoms with Crippen LogP contribution in [0.25, 0.3) is 27.4 Å². The van der Waals surface area contributed by atoms with Crippen molar-refractivity contribution in [3.63, 3.8) is 0 Å². The van der Waals surface area contributed by atoms with Gasteiger partial charge in [-0.25, -0.2) is 0 Å². The van der Waals surface area contributed by atoms with E-state index in [2.05, 4.69) is 106 Å². The molecule has 1 saturated heterocycles. The normalized spacial score (nSPS) is 14.9. The summed E-state index contributed by atoms with van der Waals surface area (Å²) in [4.78, 5) is 14.7. The Morgan fingerprint density at radius 3 is 2.50 bits per heavy atom. The van der Waals surface area contributed by atoms with Crippen LogP contribution in [0, 0.1) is 5.92 Å². The van der Waals surface area contributed by atoms with Crippen LogP contribution in [0.4, 0.5) is 5.69 Å². The first-order valence-corrected chi connectivity index (χ1v) is 13.8. The van der Waals surface area contributed by atoms with Crippen molar-refractivity contribution in [1.29, 1.82) is 0 Å². The lowest BCUT2D eigenvalue weighted by molar-refractivity contribution is -0.118. The van der Waals surface area contributed by atoms with Gasteiger partial charge in [0, 0.05) is 35.1 Å². The van der Waals surface area contributed by atoms with Gasteiger partial charge in [-0.2, -0.15) is 0 Å². The molecule has 1 N–H and O–H groups in total. The molecule has 0 unspecified atom stereocenters. The van der Waals surface area contributed by atoms with Crippen molar-refractivity contribution in [2.75, 3.05) is 18.4 Å². The summed E-state index contributed by atoms with van der Waals surface area (Å²) < 4.78 is 2.31. The number of rotatable bonds is 6. The van der Waals surface area contributed by atoms with Gasteiger partial charge in [0.15, 0.2) is 0 Å². The molecular weight excluding hydrogens is 466 g/mol. The summed E-state index contributed by atoms with van der Waals surface area (Å²) in [5.41, 5.74) is 6.08. The fraction of sp³-hybridized carbons (Fsp3) is 0.265. The van der Waals surface area contributed by atoms with Gasteiger partial charge in [0.25, 0.3) is 0 Å². The molecule has 1 amide bonds. The Bertz CT molecular complexity index is 1590. The predicted octanol–water partition coefficient (Wildman–Crippen LogP) is 7.76. The maximum atomic E-state index is 12.1. The highest BCUT2D eigenvalue weighted by Gasteiger charge is 2.21. The Morgan fingerprint density at radius 1 is 0.868 bits per heavy atom.